The number of likely N-dealkylation sites (tertiary alicyclic amines) is 1. The molecular weight excluding hydrogens is 298 g/mol. The lowest BCUT2D eigenvalue weighted by Gasteiger charge is -2.40. The summed E-state index contributed by atoms with van der Waals surface area (Å²) in [5.41, 5.74) is 2.24. The summed E-state index contributed by atoms with van der Waals surface area (Å²) >= 11 is 0. The van der Waals surface area contributed by atoms with Crippen molar-refractivity contribution in [2.24, 2.45) is 5.92 Å². The van der Waals surface area contributed by atoms with Crippen LogP contribution in [0, 0.1) is 5.92 Å². The van der Waals surface area contributed by atoms with Crippen molar-refractivity contribution in [3.63, 3.8) is 0 Å². The van der Waals surface area contributed by atoms with Crippen molar-refractivity contribution in [1.29, 1.82) is 0 Å². The summed E-state index contributed by atoms with van der Waals surface area (Å²) in [5.74, 6) is 0.841. The van der Waals surface area contributed by atoms with Crippen LogP contribution in [0.3, 0.4) is 0 Å². The number of nitrogens with one attached hydrogen (secondary N) is 1. The fourth-order valence-electron chi connectivity index (χ4n) is 3.54. The van der Waals surface area contributed by atoms with E-state index in [1.165, 1.54) is 6.42 Å². The fraction of sp³-hybridized carbons (Fsp3) is 0.650. The molecule has 4 heteroatoms. The lowest BCUT2D eigenvalue weighted by Crippen LogP contribution is -2.48. The van der Waals surface area contributed by atoms with Crippen molar-refractivity contribution in [1.82, 2.24) is 9.80 Å². The number of piperidine rings is 1. The van der Waals surface area contributed by atoms with Crippen LogP contribution >= 0.6 is 0 Å². The molecule has 0 spiro atoms. The lowest BCUT2D eigenvalue weighted by molar-refractivity contribution is -0.130. The van der Waals surface area contributed by atoms with Gasteiger partial charge in [0, 0.05) is 37.4 Å². The van der Waals surface area contributed by atoms with Crippen LogP contribution in [-0.4, -0.2) is 54.5 Å². The Hall–Kier alpha value is -1.55. The van der Waals surface area contributed by atoms with E-state index in [1.807, 2.05) is 18.7 Å². The molecule has 1 aliphatic heterocycles. The highest BCUT2D eigenvalue weighted by atomic mass is 16.2. The minimum atomic E-state index is 0.207. The van der Waals surface area contributed by atoms with Crippen LogP contribution in [-0.2, 0) is 11.2 Å². The maximum absolute atomic E-state index is 12.2. The molecule has 2 rings (SSSR count). The van der Waals surface area contributed by atoms with E-state index in [0.717, 1.165) is 30.9 Å². The first-order valence-corrected chi connectivity index (χ1v) is 9.28. The summed E-state index contributed by atoms with van der Waals surface area (Å²) in [4.78, 5) is 16.5. The molecule has 1 aromatic rings. The van der Waals surface area contributed by atoms with Crippen LogP contribution in [0.5, 0.6) is 0 Å². The van der Waals surface area contributed by atoms with Gasteiger partial charge in [0.05, 0.1) is 6.42 Å². The maximum atomic E-state index is 12.2. The quantitative estimate of drug-likeness (QED) is 0.869. The fourth-order valence-corrected chi connectivity index (χ4v) is 3.54. The van der Waals surface area contributed by atoms with Gasteiger partial charge < -0.3 is 15.1 Å². The van der Waals surface area contributed by atoms with Crippen LogP contribution in [0.15, 0.2) is 24.3 Å². The Bertz CT molecular complexity index is 524. The predicted molar refractivity (Wildman–Crippen MR) is 101 cm³/mol. The summed E-state index contributed by atoms with van der Waals surface area (Å²) in [6.07, 6.45) is 1.66. The number of likely N-dealkylation sites (N-methyl/N-ethyl adjacent to an activating group) is 1. The van der Waals surface area contributed by atoms with Crippen LogP contribution in [0.1, 0.15) is 39.7 Å². The van der Waals surface area contributed by atoms with Gasteiger partial charge in [-0.15, -0.1) is 0 Å². The van der Waals surface area contributed by atoms with E-state index in [2.05, 4.69) is 55.4 Å². The standard InChI is InChI=1S/C20H33N3O/c1-6-23(7-2)20(24)13-17-8-10-18(11-9-17)21-19-12-16(4)22(5)14-15(19)3/h8-11,15-16,19,21H,6-7,12-14H2,1-5H3. The lowest BCUT2D eigenvalue weighted by atomic mass is 9.89. The number of hydrogen-bond donors (Lipinski definition) is 1. The highest BCUT2D eigenvalue weighted by Gasteiger charge is 2.28. The van der Waals surface area contributed by atoms with E-state index in [4.69, 9.17) is 0 Å². The third-order valence-electron chi connectivity index (χ3n) is 5.39. The maximum Gasteiger partial charge on any atom is 0.226 e. The van der Waals surface area contributed by atoms with E-state index >= 15 is 0 Å². The Morgan fingerprint density at radius 1 is 1.21 bits per heavy atom. The van der Waals surface area contributed by atoms with Gasteiger partial charge in [-0.2, -0.15) is 0 Å². The molecule has 0 saturated carbocycles. The first-order valence-electron chi connectivity index (χ1n) is 9.28. The molecule has 1 aliphatic rings. The average Bonchev–Trinajstić information content (AvgIpc) is 2.55. The molecule has 0 aromatic heterocycles. The van der Waals surface area contributed by atoms with Crippen molar-refractivity contribution in [3.8, 4) is 0 Å². The zero-order valence-electron chi connectivity index (χ0n) is 15.9. The molecule has 134 valence electrons. The molecule has 1 amide bonds. The molecule has 3 atom stereocenters. The Morgan fingerprint density at radius 3 is 2.42 bits per heavy atom. The molecule has 1 saturated heterocycles. The van der Waals surface area contributed by atoms with Gasteiger partial charge >= 0.3 is 0 Å². The molecule has 4 nitrogen and oxygen atoms in total. The molecule has 0 bridgehead atoms. The van der Waals surface area contributed by atoms with E-state index < -0.39 is 0 Å². The van der Waals surface area contributed by atoms with Gasteiger partial charge in [-0.1, -0.05) is 19.1 Å². The highest BCUT2D eigenvalue weighted by molar-refractivity contribution is 5.78. The zero-order valence-corrected chi connectivity index (χ0v) is 15.9. The molecule has 1 heterocycles. The number of rotatable bonds is 6. The Morgan fingerprint density at radius 2 is 1.83 bits per heavy atom. The number of benzene rings is 1. The smallest absolute Gasteiger partial charge is 0.226 e. The number of hydrogen-bond acceptors (Lipinski definition) is 3. The molecular formula is C20H33N3O. The Labute approximate surface area is 147 Å². The van der Waals surface area contributed by atoms with Crippen LogP contribution in [0.4, 0.5) is 5.69 Å². The van der Waals surface area contributed by atoms with Gasteiger partial charge in [-0.25, -0.2) is 0 Å². The van der Waals surface area contributed by atoms with Crippen molar-refractivity contribution >= 4 is 11.6 Å². The van der Waals surface area contributed by atoms with E-state index in [9.17, 15) is 4.79 Å². The first-order chi connectivity index (χ1) is 11.4. The summed E-state index contributed by atoms with van der Waals surface area (Å²) in [6, 6.07) is 9.50. The van der Waals surface area contributed by atoms with Crippen molar-refractivity contribution < 1.29 is 4.79 Å². The third kappa shape index (κ3) is 4.73. The Balaban J connectivity index is 1.93. The van der Waals surface area contributed by atoms with Gasteiger partial charge in [0.15, 0.2) is 0 Å². The minimum Gasteiger partial charge on any atom is -0.382 e. The number of carbonyl (C=O) groups is 1. The van der Waals surface area contributed by atoms with Crippen molar-refractivity contribution in [2.45, 2.75) is 52.6 Å². The first kappa shape index (κ1) is 18.8. The van der Waals surface area contributed by atoms with E-state index in [-0.39, 0.29) is 5.91 Å². The number of nitrogens with zero attached hydrogens (tertiary/aromatic N) is 2. The molecule has 1 N–H and O–H groups in total. The van der Waals surface area contributed by atoms with Gasteiger partial charge in [0.1, 0.15) is 0 Å². The second kappa shape index (κ2) is 8.52. The predicted octanol–water partition coefficient (Wildman–Crippen LogP) is 3.24. The molecule has 24 heavy (non-hydrogen) atoms. The second-order valence-corrected chi connectivity index (χ2v) is 7.19. The summed E-state index contributed by atoms with van der Waals surface area (Å²) in [5, 5.41) is 3.69. The van der Waals surface area contributed by atoms with Crippen LogP contribution < -0.4 is 5.32 Å². The van der Waals surface area contributed by atoms with Crippen LogP contribution in [0.25, 0.3) is 0 Å². The molecule has 0 radical (unpaired) electrons. The van der Waals surface area contributed by atoms with Crippen molar-refractivity contribution in [2.75, 3.05) is 32.0 Å². The topological polar surface area (TPSA) is 35.6 Å². The third-order valence-corrected chi connectivity index (χ3v) is 5.39. The normalized spacial score (nSPS) is 24.6. The average molecular weight is 332 g/mol. The van der Waals surface area contributed by atoms with E-state index in [0.29, 0.717) is 24.4 Å². The molecule has 0 aliphatic carbocycles. The van der Waals surface area contributed by atoms with Gasteiger partial charge in [0.2, 0.25) is 5.91 Å². The van der Waals surface area contributed by atoms with Crippen molar-refractivity contribution in [3.05, 3.63) is 29.8 Å². The summed E-state index contributed by atoms with van der Waals surface area (Å²) < 4.78 is 0. The van der Waals surface area contributed by atoms with Gasteiger partial charge in [-0.3, -0.25) is 4.79 Å². The number of amides is 1. The summed E-state index contributed by atoms with van der Waals surface area (Å²) in [6.45, 7) is 11.4. The minimum absolute atomic E-state index is 0.207. The molecule has 1 aromatic carbocycles. The number of anilines is 1. The molecule has 3 unspecified atom stereocenters. The van der Waals surface area contributed by atoms with Gasteiger partial charge in [-0.05, 0) is 57.9 Å². The zero-order chi connectivity index (χ0) is 17.7. The highest BCUT2D eigenvalue weighted by Crippen LogP contribution is 2.24. The Kier molecular flexibility index (Phi) is 6.67. The summed E-state index contributed by atoms with van der Waals surface area (Å²) in [7, 11) is 2.21. The SMILES string of the molecule is CCN(CC)C(=O)Cc1ccc(NC2CC(C)N(C)CC2C)cc1. The van der Waals surface area contributed by atoms with E-state index in [1.54, 1.807) is 0 Å². The largest absolute Gasteiger partial charge is 0.382 e. The number of carbonyl (C=O) groups excluding carboxylic acids is 1. The monoisotopic (exact) mass is 331 g/mol. The second-order valence-electron chi connectivity index (χ2n) is 7.19. The molecule has 1 fully saturated rings. The van der Waals surface area contributed by atoms with Crippen LogP contribution in [0.2, 0.25) is 0 Å². The van der Waals surface area contributed by atoms with Gasteiger partial charge in [0.25, 0.3) is 0 Å².